The predicted octanol–water partition coefficient (Wildman–Crippen LogP) is -0.764. The van der Waals surface area contributed by atoms with Crippen LogP contribution in [0, 0.1) is 0 Å². The second kappa shape index (κ2) is 14.7. The average molecular weight is 566 g/mol. The van der Waals surface area contributed by atoms with E-state index in [4.69, 9.17) is 15.9 Å². The van der Waals surface area contributed by atoms with Crippen molar-refractivity contribution in [3.63, 3.8) is 0 Å². The van der Waals surface area contributed by atoms with Crippen LogP contribution in [0.1, 0.15) is 31.2 Å². The summed E-state index contributed by atoms with van der Waals surface area (Å²) in [6.07, 6.45) is 0.224. The van der Waals surface area contributed by atoms with Crippen LogP contribution in [0.3, 0.4) is 0 Å². The summed E-state index contributed by atoms with van der Waals surface area (Å²) in [5.74, 6) is -6.56. The zero-order valence-corrected chi connectivity index (χ0v) is 21.6. The molecule has 3 amide bonds. The van der Waals surface area contributed by atoms with Gasteiger partial charge in [0.1, 0.15) is 18.1 Å². The zero-order valence-electron chi connectivity index (χ0n) is 20.8. The quantitative estimate of drug-likeness (QED) is 0.115. The lowest BCUT2D eigenvalue weighted by atomic mass is 10.0. The number of hydrogen-bond donors (Lipinski definition) is 9. The van der Waals surface area contributed by atoms with Gasteiger partial charge in [-0.3, -0.25) is 24.0 Å². The van der Waals surface area contributed by atoms with E-state index in [1.54, 1.807) is 12.3 Å². The van der Waals surface area contributed by atoms with Crippen LogP contribution in [0.25, 0.3) is 10.9 Å². The largest absolute Gasteiger partial charge is 0.481 e. The van der Waals surface area contributed by atoms with Crippen molar-refractivity contribution in [2.45, 2.75) is 56.3 Å². The Balaban J connectivity index is 2.21. The van der Waals surface area contributed by atoms with Gasteiger partial charge in [0, 0.05) is 42.1 Å². The van der Waals surface area contributed by atoms with Gasteiger partial charge in [-0.2, -0.15) is 12.6 Å². The van der Waals surface area contributed by atoms with Crippen molar-refractivity contribution in [1.82, 2.24) is 20.9 Å². The molecule has 4 unspecified atom stereocenters. The van der Waals surface area contributed by atoms with Gasteiger partial charge in [0.25, 0.3) is 0 Å². The van der Waals surface area contributed by atoms with Crippen molar-refractivity contribution in [1.29, 1.82) is 0 Å². The van der Waals surface area contributed by atoms with Crippen molar-refractivity contribution >= 4 is 59.2 Å². The summed E-state index contributed by atoms with van der Waals surface area (Å²) in [5, 5.41) is 34.9. The van der Waals surface area contributed by atoms with Crippen molar-refractivity contribution in [2.75, 3.05) is 5.75 Å². The Hall–Kier alpha value is -4.11. The standard InChI is InChI=1S/C24H31N5O9S/c25-14(5-7-19(30)31)21(34)28-17(9-12-10-26-15-4-2-1-3-13(12)15)22(35)29-18(11-39)23(36)27-16(24(37)38)6-8-20(32)33/h1-4,10,14,16-18,26,39H,5-9,11,25H2,(H,27,36)(H,28,34)(H,29,35)(H,30,31)(H,32,33)(H,37,38). The number of carboxylic acids is 3. The van der Waals surface area contributed by atoms with Gasteiger partial charge in [0.05, 0.1) is 6.04 Å². The number of nitrogens with two attached hydrogens (primary N) is 1. The van der Waals surface area contributed by atoms with Gasteiger partial charge >= 0.3 is 17.9 Å². The highest BCUT2D eigenvalue weighted by atomic mass is 32.1. The number of carbonyl (C=O) groups is 6. The number of amides is 3. The van der Waals surface area contributed by atoms with Crippen LogP contribution in [-0.4, -0.2) is 85.9 Å². The average Bonchev–Trinajstić information content (AvgIpc) is 3.29. The van der Waals surface area contributed by atoms with Gasteiger partial charge in [0.2, 0.25) is 17.7 Å². The van der Waals surface area contributed by atoms with Crippen LogP contribution in [0.2, 0.25) is 0 Å². The molecule has 15 heteroatoms. The Morgan fingerprint density at radius 1 is 0.821 bits per heavy atom. The molecule has 0 radical (unpaired) electrons. The van der Waals surface area contributed by atoms with Crippen LogP contribution < -0.4 is 21.7 Å². The number of aromatic amines is 1. The first-order valence-electron chi connectivity index (χ1n) is 11.9. The third-order valence-electron chi connectivity index (χ3n) is 5.81. The number of hydrogen-bond acceptors (Lipinski definition) is 8. The van der Waals surface area contributed by atoms with Crippen LogP contribution in [-0.2, 0) is 35.2 Å². The maximum Gasteiger partial charge on any atom is 0.326 e. The number of aromatic nitrogens is 1. The molecule has 14 nitrogen and oxygen atoms in total. The summed E-state index contributed by atoms with van der Waals surface area (Å²) in [4.78, 5) is 74.8. The normalized spacial score (nSPS) is 14.0. The summed E-state index contributed by atoms with van der Waals surface area (Å²) < 4.78 is 0. The molecule has 39 heavy (non-hydrogen) atoms. The molecule has 0 aliphatic rings. The zero-order chi connectivity index (χ0) is 29.1. The van der Waals surface area contributed by atoms with E-state index in [2.05, 4.69) is 33.6 Å². The topological polar surface area (TPSA) is 241 Å². The molecule has 0 saturated carbocycles. The molecule has 9 N–H and O–H groups in total. The Bertz CT molecular complexity index is 1220. The van der Waals surface area contributed by atoms with E-state index in [1.807, 2.05) is 18.2 Å². The van der Waals surface area contributed by atoms with E-state index in [0.717, 1.165) is 10.9 Å². The highest BCUT2D eigenvalue weighted by Gasteiger charge is 2.30. The molecular formula is C24H31N5O9S. The Labute approximate surface area is 228 Å². The van der Waals surface area contributed by atoms with E-state index in [1.165, 1.54) is 0 Å². The number of rotatable bonds is 16. The summed E-state index contributed by atoms with van der Waals surface area (Å²) in [7, 11) is 0. The fraction of sp³-hybridized carbons (Fsp3) is 0.417. The Morgan fingerprint density at radius 2 is 1.38 bits per heavy atom. The summed E-state index contributed by atoms with van der Waals surface area (Å²) in [6, 6.07) is 1.94. The van der Waals surface area contributed by atoms with E-state index >= 15 is 0 Å². The second-order valence-electron chi connectivity index (χ2n) is 8.74. The summed E-state index contributed by atoms with van der Waals surface area (Å²) in [6.45, 7) is 0. The monoisotopic (exact) mass is 565 g/mol. The molecule has 0 spiro atoms. The van der Waals surface area contributed by atoms with Crippen molar-refractivity contribution in [2.24, 2.45) is 5.73 Å². The molecule has 0 aliphatic heterocycles. The van der Waals surface area contributed by atoms with Crippen molar-refractivity contribution < 1.29 is 44.1 Å². The molecule has 212 valence electrons. The number of benzene rings is 1. The van der Waals surface area contributed by atoms with Crippen LogP contribution in [0.15, 0.2) is 30.5 Å². The number of aliphatic carboxylic acids is 3. The summed E-state index contributed by atoms with van der Waals surface area (Å²) in [5.41, 5.74) is 7.25. The fourth-order valence-corrected chi connectivity index (χ4v) is 3.94. The smallest absolute Gasteiger partial charge is 0.326 e. The number of nitrogens with one attached hydrogen (secondary N) is 4. The lowest BCUT2D eigenvalue weighted by Crippen LogP contribution is -2.58. The molecule has 0 bridgehead atoms. The van der Waals surface area contributed by atoms with E-state index in [9.17, 15) is 33.9 Å². The van der Waals surface area contributed by atoms with Gasteiger partial charge in [-0.05, 0) is 24.5 Å². The van der Waals surface area contributed by atoms with E-state index in [0.29, 0.717) is 5.56 Å². The van der Waals surface area contributed by atoms with Gasteiger partial charge < -0.3 is 42.0 Å². The minimum absolute atomic E-state index is 0.0233. The van der Waals surface area contributed by atoms with Crippen LogP contribution in [0.5, 0.6) is 0 Å². The third kappa shape index (κ3) is 9.61. The first-order valence-corrected chi connectivity index (χ1v) is 12.5. The molecule has 4 atom stereocenters. The van der Waals surface area contributed by atoms with Crippen LogP contribution in [0.4, 0.5) is 0 Å². The molecule has 2 aromatic rings. The number of H-pyrrole nitrogens is 1. The van der Waals surface area contributed by atoms with Crippen molar-refractivity contribution in [3.8, 4) is 0 Å². The highest BCUT2D eigenvalue weighted by Crippen LogP contribution is 2.19. The van der Waals surface area contributed by atoms with Gasteiger partial charge in [0.15, 0.2) is 0 Å². The maximum atomic E-state index is 13.3. The Morgan fingerprint density at radius 3 is 2.00 bits per heavy atom. The molecule has 1 aromatic carbocycles. The second-order valence-corrected chi connectivity index (χ2v) is 9.10. The lowest BCUT2D eigenvalue weighted by molar-refractivity contribution is -0.143. The number of fused-ring (bicyclic) bond motifs is 1. The van der Waals surface area contributed by atoms with Crippen LogP contribution >= 0.6 is 12.6 Å². The SMILES string of the molecule is NC(CCC(=O)O)C(=O)NC(Cc1c[nH]c2ccccc12)C(=O)NC(CS)C(=O)NC(CCC(=O)O)C(=O)O. The van der Waals surface area contributed by atoms with Gasteiger partial charge in [-0.25, -0.2) is 4.79 Å². The molecule has 1 heterocycles. The third-order valence-corrected chi connectivity index (χ3v) is 6.18. The number of carbonyl (C=O) groups excluding carboxylic acids is 3. The Kier molecular flexibility index (Phi) is 11.7. The summed E-state index contributed by atoms with van der Waals surface area (Å²) >= 11 is 4.06. The molecule has 0 saturated heterocycles. The number of carboxylic acid groups (broad SMARTS) is 3. The molecular weight excluding hydrogens is 534 g/mol. The van der Waals surface area contributed by atoms with E-state index in [-0.39, 0.29) is 31.4 Å². The minimum atomic E-state index is -1.51. The molecule has 0 fully saturated rings. The minimum Gasteiger partial charge on any atom is -0.481 e. The molecule has 0 aliphatic carbocycles. The fourth-order valence-electron chi connectivity index (χ4n) is 3.68. The molecule has 2 rings (SSSR count). The number of para-hydroxylation sites is 1. The van der Waals surface area contributed by atoms with Gasteiger partial charge in [-0.1, -0.05) is 18.2 Å². The maximum absolute atomic E-state index is 13.3. The highest BCUT2D eigenvalue weighted by molar-refractivity contribution is 7.80. The van der Waals surface area contributed by atoms with Gasteiger partial charge in [-0.15, -0.1) is 0 Å². The predicted molar refractivity (Wildman–Crippen MR) is 141 cm³/mol. The molecule has 1 aromatic heterocycles. The first-order chi connectivity index (χ1) is 18.4. The van der Waals surface area contributed by atoms with Crippen molar-refractivity contribution in [3.05, 3.63) is 36.0 Å². The lowest BCUT2D eigenvalue weighted by Gasteiger charge is -2.24. The number of thiol groups is 1. The van der Waals surface area contributed by atoms with E-state index < -0.39 is 66.2 Å². The first kappa shape index (κ1) is 31.1.